The molecule has 0 amide bonds. The number of pyridine rings is 1. The Morgan fingerprint density at radius 1 is 0.880 bits per heavy atom. The molecule has 1 aromatic heterocycles. The van der Waals surface area contributed by atoms with Crippen molar-refractivity contribution in [3.8, 4) is 0 Å². The Morgan fingerprint density at radius 3 is 2.52 bits per heavy atom. The summed E-state index contributed by atoms with van der Waals surface area (Å²) in [5, 5.41) is 1.24. The van der Waals surface area contributed by atoms with E-state index in [-0.39, 0.29) is 24.8 Å². The summed E-state index contributed by atoms with van der Waals surface area (Å²) in [4.78, 5) is 4.58. The predicted molar refractivity (Wildman–Crippen MR) is 107 cm³/mol. The van der Waals surface area contributed by atoms with E-state index >= 15 is 0 Å². The van der Waals surface area contributed by atoms with Crippen LogP contribution in [-0.4, -0.2) is 4.98 Å². The SMILES string of the molecule is C1=C(Cc2ccccc2)C=[C]([Cr][c]2cccc3cccnc23)C1.Cl.Cl. The fourth-order valence-corrected chi connectivity index (χ4v) is 4.56. The summed E-state index contributed by atoms with van der Waals surface area (Å²) in [6.45, 7) is 0. The molecule has 128 valence electrons. The number of hydrogen-bond donors (Lipinski definition) is 0. The van der Waals surface area contributed by atoms with Crippen molar-refractivity contribution in [2.45, 2.75) is 12.8 Å². The monoisotopic (exact) mass is 407 g/mol. The summed E-state index contributed by atoms with van der Waals surface area (Å²) in [6.07, 6.45) is 8.79. The molecule has 2 aromatic carbocycles. The van der Waals surface area contributed by atoms with Crippen LogP contribution < -0.4 is 4.43 Å². The van der Waals surface area contributed by atoms with Crippen LogP contribution in [-0.2, 0) is 21.6 Å². The zero-order valence-electron chi connectivity index (χ0n) is 13.6. The van der Waals surface area contributed by atoms with Crippen LogP contribution in [0.1, 0.15) is 12.0 Å². The number of aromatic nitrogens is 1. The van der Waals surface area contributed by atoms with Crippen molar-refractivity contribution >= 4 is 40.1 Å². The Hall–Kier alpha value is -1.56. The second kappa shape index (κ2) is 9.23. The third-order valence-corrected chi connectivity index (χ3v) is 5.71. The molecule has 1 nitrogen and oxygen atoms in total. The average molecular weight is 408 g/mol. The number of rotatable bonds is 4. The van der Waals surface area contributed by atoms with E-state index in [1.807, 2.05) is 12.3 Å². The molecule has 4 rings (SSSR count). The fourth-order valence-electron chi connectivity index (χ4n) is 2.88. The van der Waals surface area contributed by atoms with Gasteiger partial charge in [-0.1, -0.05) is 0 Å². The van der Waals surface area contributed by atoms with Gasteiger partial charge in [-0.2, -0.15) is 0 Å². The van der Waals surface area contributed by atoms with Gasteiger partial charge in [0.1, 0.15) is 0 Å². The van der Waals surface area contributed by atoms with Gasteiger partial charge in [0.25, 0.3) is 0 Å². The van der Waals surface area contributed by atoms with Crippen LogP contribution in [0.3, 0.4) is 0 Å². The molecule has 0 saturated heterocycles. The maximum absolute atomic E-state index is 4.58. The number of nitrogens with zero attached hydrogens (tertiary/aromatic N) is 1. The Labute approximate surface area is 167 Å². The van der Waals surface area contributed by atoms with Crippen LogP contribution >= 0.6 is 24.8 Å². The molecule has 25 heavy (non-hydrogen) atoms. The molecule has 0 aliphatic heterocycles. The van der Waals surface area contributed by atoms with Crippen molar-refractivity contribution in [3.63, 3.8) is 0 Å². The van der Waals surface area contributed by atoms with Crippen molar-refractivity contribution in [1.29, 1.82) is 0 Å². The normalized spacial score (nSPS) is 12.8. The van der Waals surface area contributed by atoms with E-state index in [1.165, 1.54) is 20.9 Å². The molecule has 0 bridgehead atoms. The summed E-state index contributed by atoms with van der Waals surface area (Å²) in [7, 11) is 0. The molecular formula is C21H19Cl2CrN. The first kappa shape index (κ1) is 19.8. The molecule has 1 aliphatic rings. The summed E-state index contributed by atoms with van der Waals surface area (Å²) in [5.74, 6) is 0. The van der Waals surface area contributed by atoms with E-state index in [0.717, 1.165) is 18.4 Å². The van der Waals surface area contributed by atoms with Crippen LogP contribution in [0.2, 0.25) is 0 Å². The summed E-state index contributed by atoms with van der Waals surface area (Å²) >= 11 is 0.350. The maximum atomic E-state index is 4.58. The molecule has 0 saturated carbocycles. The molecule has 4 heteroatoms. The van der Waals surface area contributed by atoms with Gasteiger partial charge in [0.2, 0.25) is 0 Å². The third kappa shape index (κ3) is 4.75. The number of benzene rings is 2. The standard InChI is InChI=1S/C12H11.C9H6N.2ClH.Cr/c1-2-6-11(7-3-1)10-12-8-4-5-9-12;1-2-6-9-8(4-1)5-3-7-10-9;;;/h1-3,6-9H,4,10H2;1-5,7H;2*1H;. The van der Waals surface area contributed by atoms with Gasteiger partial charge in [0, 0.05) is 0 Å². The molecule has 1 aliphatic carbocycles. The Bertz CT molecular complexity index is 899. The number of halogens is 2. The van der Waals surface area contributed by atoms with Gasteiger partial charge in [-0.3, -0.25) is 0 Å². The zero-order chi connectivity index (χ0) is 15.5. The number of allylic oxidation sites excluding steroid dienone is 4. The molecular weight excluding hydrogens is 389 g/mol. The Balaban J connectivity index is 0.00000113. The van der Waals surface area contributed by atoms with E-state index in [2.05, 4.69) is 71.7 Å². The smallest absolute Gasteiger partial charge is 0.147 e. The second-order valence-electron chi connectivity index (χ2n) is 5.69. The molecule has 0 unspecified atom stereocenters. The molecule has 0 radical (unpaired) electrons. The summed E-state index contributed by atoms with van der Waals surface area (Å²) < 4.78 is 2.93. The largest absolute Gasteiger partial charge is 0.147 e. The first-order valence-electron chi connectivity index (χ1n) is 7.84. The van der Waals surface area contributed by atoms with Crippen LogP contribution in [0.5, 0.6) is 0 Å². The van der Waals surface area contributed by atoms with Gasteiger partial charge in [0.05, 0.1) is 0 Å². The second-order valence-corrected chi connectivity index (χ2v) is 7.51. The van der Waals surface area contributed by atoms with Crippen LogP contribution in [0.25, 0.3) is 10.9 Å². The van der Waals surface area contributed by atoms with Gasteiger partial charge in [-0.05, 0) is 0 Å². The van der Waals surface area contributed by atoms with Gasteiger partial charge in [-0.25, -0.2) is 0 Å². The fraction of sp³-hybridized carbons (Fsp3) is 0.0952. The predicted octanol–water partition coefficient (Wildman–Crippen LogP) is 5.24. The quantitative estimate of drug-likeness (QED) is 0.575. The number of hydrogen-bond acceptors (Lipinski definition) is 1. The minimum absolute atomic E-state index is 0. The molecule has 0 spiro atoms. The third-order valence-electron chi connectivity index (χ3n) is 4.00. The summed E-state index contributed by atoms with van der Waals surface area (Å²) in [6, 6.07) is 21.4. The molecule has 0 N–H and O–H groups in total. The van der Waals surface area contributed by atoms with Crippen molar-refractivity contribution in [2.75, 3.05) is 0 Å². The molecule has 1 heterocycles. The first-order chi connectivity index (χ1) is 11.4. The van der Waals surface area contributed by atoms with Gasteiger partial charge in [-0.15, -0.1) is 24.8 Å². The van der Waals surface area contributed by atoms with Gasteiger partial charge < -0.3 is 0 Å². The van der Waals surface area contributed by atoms with Gasteiger partial charge in [0.15, 0.2) is 0 Å². The van der Waals surface area contributed by atoms with E-state index in [1.54, 1.807) is 4.44 Å². The molecule has 0 fully saturated rings. The van der Waals surface area contributed by atoms with Crippen LogP contribution in [0.15, 0.2) is 89.0 Å². The Kier molecular flexibility index (Phi) is 7.29. The first-order valence-corrected chi connectivity index (χ1v) is 9.11. The minimum Gasteiger partial charge on any atom is -0.147 e. The molecule has 0 atom stereocenters. The Morgan fingerprint density at radius 2 is 1.68 bits per heavy atom. The minimum atomic E-state index is 0. The van der Waals surface area contributed by atoms with Crippen molar-refractivity contribution in [3.05, 3.63) is 94.6 Å². The number of para-hydroxylation sites is 1. The van der Waals surface area contributed by atoms with Gasteiger partial charge >= 0.3 is 143 Å². The summed E-state index contributed by atoms with van der Waals surface area (Å²) in [5.41, 5.74) is 3.99. The molecule has 3 aromatic rings. The zero-order valence-corrected chi connectivity index (χ0v) is 16.5. The van der Waals surface area contributed by atoms with E-state index < -0.39 is 0 Å². The van der Waals surface area contributed by atoms with E-state index in [4.69, 9.17) is 0 Å². The number of fused-ring (bicyclic) bond motifs is 1. The van der Waals surface area contributed by atoms with Crippen LogP contribution in [0.4, 0.5) is 0 Å². The van der Waals surface area contributed by atoms with Crippen molar-refractivity contribution in [1.82, 2.24) is 4.98 Å². The van der Waals surface area contributed by atoms with E-state index in [0.29, 0.717) is 15.2 Å². The van der Waals surface area contributed by atoms with Crippen LogP contribution in [0, 0.1) is 0 Å². The van der Waals surface area contributed by atoms with Crippen molar-refractivity contribution < 1.29 is 15.2 Å². The topological polar surface area (TPSA) is 12.9 Å². The average Bonchev–Trinajstić information content (AvgIpc) is 3.03. The van der Waals surface area contributed by atoms with E-state index in [9.17, 15) is 0 Å². The maximum Gasteiger partial charge on any atom is -0.147 e. The van der Waals surface area contributed by atoms with Crippen molar-refractivity contribution in [2.24, 2.45) is 0 Å².